The summed E-state index contributed by atoms with van der Waals surface area (Å²) in [5.41, 5.74) is 0.439. The maximum absolute atomic E-state index is 12.6. The van der Waals surface area contributed by atoms with Crippen molar-refractivity contribution in [2.24, 2.45) is 0 Å². The number of carbonyl (C=O) groups is 1. The third-order valence-corrected chi connectivity index (χ3v) is 6.86. The van der Waals surface area contributed by atoms with Gasteiger partial charge in [-0.3, -0.25) is 4.79 Å². The molecule has 0 bridgehead atoms. The van der Waals surface area contributed by atoms with Crippen molar-refractivity contribution in [2.45, 2.75) is 18.4 Å². The van der Waals surface area contributed by atoms with Gasteiger partial charge in [-0.1, -0.05) is 0 Å². The van der Waals surface area contributed by atoms with E-state index in [1.165, 1.54) is 21.3 Å². The second kappa shape index (κ2) is 7.65. The number of ether oxygens (including phenoxy) is 1. The summed E-state index contributed by atoms with van der Waals surface area (Å²) >= 11 is 1.64. The first-order valence-corrected chi connectivity index (χ1v) is 10.2. The topological polar surface area (TPSA) is 75.7 Å². The minimum absolute atomic E-state index is 0.194. The molecule has 1 aliphatic rings. The Hall–Kier alpha value is -1.74. The Bertz CT molecular complexity index is 838. The molecule has 0 radical (unpaired) electrons. The summed E-state index contributed by atoms with van der Waals surface area (Å²) < 4.78 is 31.7. The molecule has 1 amide bonds. The number of hydrogen-bond donors (Lipinski definition) is 1. The van der Waals surface area contributed by atoms with Crippen molar-refractivity contribution in [1.82, 2.24) is 9.62 Å². The summed E-state index contributed by atoms with van der Waals surface area (Å²) in [5.74, 6) is -0.221. The zero-order chi connectivity index (χ0) is 17.9. The fourth-order valence-electron chi connectivity index (χ4n) is 2.56. The zero-order valence-electron chi connectivity index (χ0n) is 13.9. The first-order valence-electron chi connectivity index (χ1n) is 7.98. The summed E-state index contributed by atoms with van der Waals surface area (Å²) in [4.78, 5) is 14.7. The van der Waals surface area contributed by atoms with Gasteiger partial charge in [0.2, 0.25) is 10.0 Å². The summed E-state index contributed by atoms with van der Waals surface area (Å²) in [6.07, 6.45) is 0. The number of nitrogens with one attached hydrogen (secondary N) is 1. The van der Waals surface area contributed by atoms with Crippen LogP contribution in [0.2, 0.25) is 0 Å². The second-order valence-electron chi connectivity index (χ2n) is 5.74. The van der Waals surface area contributed by atoms with Crippen LogP contribution in [0.3, 0.4) is 0 Å². The molecule has 1 saturated heterocycles. The largest absolute Gasteiger partial charge is 0.379 e. The highest BCUT2D eigenvalue weighted by Gasteiger charge is 2.26. The van der Waals surface area contributed by atoms with Crippen LogP contribution in [0.15, 0.2) is 41.3 Å². The lowest BCUT2D eigenvalue weighted by Crippen LogP contribution is -2.40. The maximum Gasteiger partial charge on any atom is 0.251 e. The van der Waals surface area contributed by atoms with Gasteiger partial charge in [0.15, 0.2) is 0 Å². The monoisotopic (exact) mass is 380 g/mol. The zero-order valence-corrected chi connectivity index (χ0v) is 15.5. The lowest BCUT2D eigenvalue weighted by molar-refractivity contribution is 0.0730. The summed E-state index contributed by atoms with van der Waals surface area (Å²) in [7, 11) is -3.53. The van der Waals surface area contributed by atoms with Gasteiger partial charge in [0.1, 0.15) is 0 Å². The van der Waals surface area contributed by atoms with Crippen LogP contribution in [-0.4, -0.2) is 44.9 Å². The van der Waals surface area contributed by atoms with E-state index >= 15 is 0 Å². The van der Waals surface area contributed by atoms with E-state index in [9.17, 15) is 13.2 Å². The standard InChI is InChI=1S/C17H20N2O4S2/c1-13-2-5-15(24-13)12-18-17(20)14-3-6-16(7-4-14)25(21,22)19-8-10-23-11-9-19/h2-7H,8-12H2,1H3,(H,18,20). The molecule has 1 aromatic heterocycles. The Labute approximate surface area is 151 Å². The van der Waals surface area contributed by atoms with Crippen molar-refractivity contribution < 1.29 is 17.9 Å². The molecule has 2 heterocycles. The van der Waals surface area contributed by atoms with Gasteiger partial charge < -0.3 is 10.1 Å². The maximum atomic E-state index is 12.6. The molecule has 1 aliphatic heterocycles. The van der Waals surface area contributed by atoms with Gasteiger partial charge >= 0.3 is 0 Å². The van der Waals surface area contributed by atoms with E-state index < -0.39 is 10.0 Å². The van der Waals surface area contributed by atoms with E-state index in [-0.39, 0.29) is 10.8 Å². The average molecular weight is 380 g/mol. The minimum Gasteiger partial charge on any atom is -0.379 e. The quantitative estimate of drug-likeness (QED) is 0.861. The molecule has 1 N–H and O–H groups in total. The molecule has 2 aromatic rings. The third kappa shape index (κ3) is 4.27. The number of thiophene rings is 1. The molecule has 0 aliphatic carbocycles. The molecule has 25 heavy (non-hydrogen) atoms. The van der Waals surface area contributed by atoms with E-state index in [2.05, 4.69) is 5.32 Å². The fourth-order valence-corrected chi connectivity index (χ4v) is 4.80. The number of sulfonamides is 1. The summed E-state index contributed by atoms with van der Waals surface area (Å²) in [6, 6.07) is 10.0. The number of aryl methyl sites for hydroxylation is 1. The van der Waals surface area contributed by atoms with E-state index in [0.29, 0.717) is 38.4 Å². The van der Waals surface area contributed by atoms with E-state index in [1.807, 2.05) is 19.1 Å². The van der Waals surface area contributed by atoms with E-state index in [0.717, 1.165) is 4.88 Å². The van der Waals surface area contributed by atoms with Crippen molar-refractivity contribution in [2.75, 3.05) is 26.3 Å². The summed E-state index contributed by atoms with van der Waals surface area (Å²) in [5, 5.41) is 2.85. The van der Waals surface area contributed by atoms with Crippen molar-refractivity contribution in [1.29, 1.82) is 0 Å². The first kappa shape index (κ1) is 18.1. The molecule has 8 heteroatoms. The lowest BCUT2D eigenvalue weighted by atomic mass is 10.2. The molecule has 0 saturated carbocycles. The highest BCUT2D eigenvalue weighted by atomic mass is 32.2. The Balaban J connectivity index is 1.65. The molecule has 0 unspecified atom stereocenters. The van der Waals surface area contributed by atoms with Crippen LogP contribution in [0.4, 0.5) is 0 Å². The Morgan fingerprint density at radius 1 is 1.16 bits per heavy atom. The smallest absolute Gasteiger partial charge is 0.251 e. The predicted molar refractivity (Wildman–Crippen MR) is 96.2 cm³/mol. The van der Waals surface area contributed by atoms with Gasteiger partial charge in [-0.05, 0) is 43.3 Å². The number of hydrogen-bond acceptors (Lipinski definition) is 5. The highest BCUT2D eigenvalue weighted by molar-refractivity contribution is 7.89. The molecule has 6 nitrogen and oxygen atoms in total. The predicted octanol–water partition coefficient (Wildman–Crippen LogP) is 2.01. The van der Waals surface area contributed by atoms with Crippen LogP contribution in [0.1, 0.15) is 20.1 Å². The van der Waals surface area contributed by atoms with Crippen LogP contribution < -0.4 is 5.32 Å². The van der Waals surface area contributed by atoms with Gasteiger partial charge in [-0.15, -0.1) is 11.3 Å². The number of carbonyl (C=O) groups excluding carboxylic acids is 1. The van der Waals surface area contributed by atoms with Crippen LogP contribution in [0.25, 0.3) is 0 Å². The van der Waals surface area contributed by atoms with Crippen molar-refractivity contribution in [3.05, 3.63) is 51.7 Å². The van der Waals surface area contributed by atoms with Gasteiger partial charge in [0.05, 0.1) is 24.7 Å². The second-order valence-corrected chi connectivity index (χ2v) is 9.05. The number of benzene rings is 1. The van der Waals surface area contributed by atoms with Crippen molar-refractivity contribution in [3.8, 4) is 0 Å². The van der Waals surface area contributed by atoms with Gasteiger partial charge in [0, 0.05) is 28.4 Å². The third-order valence-electron chi connectivity index (χ3n) is 3.94. The fraction of sp³-hybridized carbons (Fsp3) is 0.353. The SMILES string of the molecule is Cc1ccc(CNC(=O)c2ccc(S(=O)(=O)N3CCOCC3)cc2)s1. The van der Waals surface area contributed by atoms with Crippen LogP contribution in [0.5, 0.6) is 0 Å². The molecule has 1 fully saturated rings. The summed E-state index contributed by atoms with van der Waals surface area (Å²) in [6.45, 7) is 3.99. The molecule has 0 spiro atoms. The van der Waals surface area contributed by atoms with Crippen molar-refractivity contribution >= 4 is 27.3 Å². The highest BCUT2D eigenvalue weighted by Crippen LogP contribution is 2.18. The number of nitrogens with zero attached hydrogens (tertiary/aromatic N) is 1. The minimum atomic E-state index is -3.53. The Morgan fingerprint density at radius 3 is 2.44 bits per heavy atom. The Morgan fingerprint density at radius 2 is 1.84 bits per heavy atom. The van der Waals surface area contributed by atoms with Gasteiger partial charge in [0.25, 0.3) is 5.91 Å². The lowest BCUT2D eigenvalue weighted by Gasteiger charge is -2.26. The Kier molecular flexibility index (Phi) is 5.53. The van der Waals surface area contributed by atoms with Crippen LogP contribution in [0, 0.1) is 6.92 Å². The molecular formula is C17H20N2O4S2. The number of morpholine rings is 1. The van der Waals surface area contributed by atoms with E-state index in [4.69, 9.17) is 4.74 Å². The van der Waals surface area contributed by atoms with Crippen LogP contribution >= 0.6 is 11.3 Å². The molecular weight excluding hydrogens is 360 g/mol. The van der Waals surface area contributed by atoms with E-state index in [1.54, 1.807) is 23.5 Å². The molecule has 134 valence electrons. The molecule has 1 aromatic carbocycles. The molecule has 0 atom stereocenters. The number of rotatable bonds is 5. The van der Waals surface area contributed by atoms with Gasteiger partial charge in [-0.25, -0.2) is 8.42 Å². The van der Waals surface area contributed by atoms with Gasteiger partial charge in [-0.2, -0.15) is 4.31 Å². The molecule has 3 rings (SSSR count). The number of amides is 1. The normalized spacial score (nSPS) is 15.9. The first-order chi connectivity index (χ1) is 12.0. The van der Waals surface area contributed by atoms with Crippen molar-refractivity contribution in [3.63, 3.8) is 0 Å². The van der Waals surface area contributed by atoms with Crippen LogP contribution in [-0.2, 0) is 21.3 Å². The average Bonchev–Trinajstić information content (AvgIpc) is 3.06.